The fourth-order valence-corrected chi connectivity index (χ4v) is 3.55. The SMILES string of the molecule is Cc1cc(C)c(C(C)/N=C/c2cccc(OCc3ccccc3)c2)c(C)c1. The number of nitrogens with zero attached hydrogens (tertiary/aromatic N) is 1. The van der Waals surface area contributed by atoms with Crippen molar-refractivity contribution in [1.82, 2.24) is 0 Å². The van der Waals surface area contributed by atoms with Crippen molar-refractivity contribution in [3.05, 3.63) is 100 Å². The Bertz CT molecular complexity index is 905. The average molecular weight is 357 g/mol. The average Bonchev–Trinajstić information content (AvgIpc) is 2.65. The maximum Gasteiger partial charge on any atom is 0.120 e. The van der Waals surface area contributed by atoms with Crippen LogP contribution in [0.5, 0.6) is 5.75 Å². The van der Waals surface area contributed by atoms with Crippen LogP contribution in [-0.4, -0.2) is 6.21 Å². The van der Waals surface area contributed by atoms with Gasteiger partial charge in [-0.25, -0.2) is 0 Å². The van der Waals surface area contributed by atoms with Crippen LogP contribution in [0, 0.1) is 20.8 Å². The highest BCUT2D eigenvalue weighted by Crippen LogP contribution is 2.26. The first-order valence-electron chi connectivity index (χ1n) is 9.40. The highest BCUT2D eigenvalue weighted by Gasteiger charge is 2.10. The second kappa shape index (κ2) is 8.68. The summed E-state index contributed by atoms with van der Waals surface area (Å²) in [6.45, 7) is 9.19. The Balaban J connectivity index is 1.70. The standard InChI is InChI=1S/C25H27NO/c1-18-13-19(2)25(20(3)14-18)21(4)26-16-23-11-8-12-24(15-23)27-17-22-9-6-5-7-10-22/h5-16,21H,17H2,1-4H3/b26-16+. The second-order valence-electron chi connectivity index (χ2n) is 7.11. The lowest BCUT2D eigenvalue weighted by atomic mass is 9.95. The van der Waals surface area contributed by atoms with Gasteiger partial charge in [0, 0.05) is 6.21 Å². The van der Waals surface area contributed by atoms with Crippen molar-refractivity contribution in [1.29, 1.82) is 0 Å². The molecule has 0 aliphatic heterocycles. The van der Waals surface area contributed by atoms with Crippen molar-refractivity contribution in [2.75, 3.05) is 0 Å². The quantitative estimate of drug-likeness (QED) is 0.470. The molecule has 0 saturated heterocycles. The number of rotatable bonds is 6. The van der Waals surface area contributed by atoms with Crippen LogP contribution in [0.15, 0.2) is 71.7 Å². The highest BCUT2D eigenvalue weighted by atomic mass is 16.5. The topological polar surface area (TPSA) is 21.6 Å². The van der Waals surface area contributed by atoms with Gasteiger partial charge in [-0.3, -0.25) is 4.99 Å². The van der Waals surface area contributed by atoms with Crippen LogP contribution in [0.2, 0.25) is 0 Å². The van der Waals surface area contributed by atoms with Crippen LogP contribution in [0.1, 0.15) is 46.3 Å². The summed E-state index contributed by atoms with van der Waals surface area (Å²) in [6.07, 6.45) is 1.94. The molecule has 0 aromatic heterocycles. The summed E-state index contributed by atoms with van der Waals surface area (Å²) < 4.78 is 5.91. The number of ether oxygens (including phenoxy) is 1. The molecule has 0 heterocycles. The summed E-state index contributed by atoms with van der Waals surface area (Å²) >= 11 is 0. The summed E-state index contributed by atoms with van der Waals surface area (Å²) in [6, 6.07) is 22.9. The molecule has 3 aromatic rings. The number of hydrogen-bond acceptors (Lipinski definition) is 2. The van der Waals surface area contributed by atoms with Crippen molar-refractivity contribution in [3.8, 4) is 5.75 Å². The zero-order valence-corrected chi connectivity index (χ0v) is 16.6. The lowest BCUT2D eigenvalue weighted by Crippen LogP contribution is -1.99. The Morgan fingerprint density at radius 1 is 0.889 bits per heavy atom. The molecule has 0 N–H and O–H groups in total. The van der Waals surface area contributed by atoms with Crippen molar-refractivity contribution >= 4 is 6.21 Å². The van der Waals surface area contributed by atoms with Gasteiger partial charge in [-0.1, -0.05) is 60.2 Å². The largest absolute Gasteiger partial charge is 0.489 e. The van der Waals surface area contributed by atoms with Crippen LogP contribution in [0.3, 0.4) is 0 Å². The van der Waals surface area contributed by atoms with Gasteiger partial charge in [0.1, 0.15) is 12.4 Å². The molecule has 3 rings (SSSR count). The Morgan fingerprint density at radius 3 is 2.30 bits per heavy atom. The van der Waals surface area contributed by atoms with Crippen LogP contribution < -0.4 is 4.74 Å². The normalized spacial score (nSPS) is 12.3. The fourth-order valence-electron chi connectivity index (χ4n) is 3.55. The van der Waals surface area contributed by atoms with E-state index in [-0.39, 0.29) is 6.04 Å². The van der Waals surface area contributed by atoms with Crippen molar-refractivity contribution < 1.29 is 4.74 Å². The molecule has 1 atom stereocenters. The molecule has 2 heteroatoms. The fraction of sp³-hybridized carbons (Fsp3) is 0.240. The predicted molar refractivity (Wildman–Crippen MR) is 114 cm³/mol. The van der Waals surface area contributed by atoms with Gasteiger partial charge in [-0.15, -0.1) is 0 Å². The van der Waals surface area contributed by atoms with Gasteiger partial charge in [-0.2, -0.15) is 0 Å². The molecular formula is C25H27NO. The first kappa shape index (κ1) is 18.9. The number of benzene rings is 3. The van der Waals surface area contributed by atoms with E-state index in [0.717, 1.165) is 16.9 Å². The summed E-state index contributed by atoms with van der Waals surface area (Å²) in [7, 11) is 0. The van der Waals surface area contributed by atoms with Gasteiger partial charge in [0.05, 0.1) is 6.04 Å². The maximum absolute atomic E-state index is 5.91. The number of aryl methyl sites for hydroxylation is 3. The summed E-state index contributed by atoms with van der Waals surface area (Å²) in [5, 5.41) is 0. The Morgan fingerprint density at radius 2 is 1.59 bits per heavy atom. The van der Waals surface area contributed by atoms with Gasteiger partial charge < -0.3 is 4.74 Å². The zero-order valence-electron chi connectivity index (χ0n) is 16.6. The molecule has 0 saturated carbocycles. The van der Waals surface area contributed by atoms with Gasteiger partial charge >= 0.3 is 0 Å². The molecular weight excluding hydrogens is 330 g/mol. The molecule has 0 spiro atoms. The maximum atomic E-state index is 5.91. The Hall–Kier alpha value is -2.87. The first-order valence-corrected chi connectivity index (χ1v) is 9.40. The van der Waals surface area contributed by atoms with Crippen molar-refractivity contribution in [2.45, 2.75) is 40.3 Å². The molecule has 138 valence electrons. The minimum Gasteiger partial charge on any atom is -0.489 e. The third-order valence-corrected chi connectivity index (χ3v) is 4.71. The highest BCUT2D eigenvalue weighted by molar-refractivity contribution is 5.80. The Kier molecular flexibility index (Phi) is 6.08. The smallest absolute Gasteiger partial charge is 0.120 e. The zero-order chi connectivity index (χ0) is 19.2. The molecule has 27 heavy (non-hydrogen) atoms. The van der Waals surface area contributed by atoms with E-state index in [1.807, 2.05) is 42.6 Å². The molecule has 0 bridgehead atoms. The first-order chi connectivity index (χ1) is 13.0. The van der Waals surface area contributed by atoms with E-state index in [4.69, 9.17) is 9.73 Å². The molecule has 0 amide bonds. The second-order valence-corrected chi connectivity index (χ2v) is 7.11. The predicted octanol–water partition coefficient (Wildman–Crippen LogP) is 6.37. The molecule has 0 aliphatic rings. The van der Waals surface area contributed by atoms with Gasteiger partial charge in [-0.05, 0) is 67.6 Å². The lowest BCUT2D eigenvalue weighted by molar-refractivity contribution is 0.306. The van der Waals surface area contributed by atoms with E-state index in [1.165, 1.54) is 22.3 Å². The summed E-state index contributed by atoms with van der Waals surface area (Å²) in [5.74, 6) is 0.859. The molecule has 0 fully saturated rings. The van der Waals surface area contributed by atoms with E-state index >= 15 is 0 Å². The Labute approximate surface area is 162 Å². The minimum atomic E-state index is 0.125. The van der Waals surface area contributed by atoms with Crippen LogP contribution in [0.4, 0.5) is 0 Å². The van der Waals surface area contributed by atoms with Crippen LogP contribution in [-0.2, 0) is 6.61 Å². The molecule has 0 aliphatic carbocycles. The molecule has 2 nitrogen and oxygen atoms in total. The van der Waals surface area contributed by atoms with Crippen molar-refractivity contribution in [2.24, 2.45) is 4.99 Å². The van der Waals surface area contributed by atoms with Crippen LogP contribution >= 0.6 is 0 Å². The van der Waals surface area contributed by atoms with E-state index in [0.29, 0.717) is 6.61 Å². The van der Waals surface area contributed by atoms with Crippen LogP contribution in [0.25, 0.3) is 0 Å². The third-order valence-electron chi connectivity index (χ3n) is 4.71. The summed E-state index contributed by atoms with van der Waals surface area (Å²) in [5.41, 5.74) is 7.43. The molecule has 3 aromatic carbocycles. The minimum absolute atomic E-state index is 0.125. The van der Waals surface area contributed by atoms with E-state index < -0.39 is 0 Å². The molecule has 1 unspecified atom stereocenters. The van der Waals surface area contributed by atoms with Crippen molar-refractivity contribution in [3.63, 3.8) is 0 Å². The monoisotopic (exact) mass is 357 g/mol. The van der Waals surface area contributed by atoms with E-state index in [9.17, 15) is 0 Å². The van der Waals surface area contributed by atoms with Gasteiger partial charge in [0.15, 0.2) is 0 Å². The van der Waals surface area contributed by atoms with E-state index in [1.54, 1.807) is 0 Å². The van der Waals surface area contributed by atoms with E-state index in [2.05, 4.69) is 58.0 Å². The lowest BCUT2D eigenvalue weighted by Gasteiger charge is -2.15. The number of hydrogen-bond donors (Lipinski definition) is 0. The van der Waals surface area contributed by atoms with Gasteiger partial charge in [0.2, 0.25) is 0 Å². The van der Waals surface area contributed by atoms with Gasteiger partial charge in [0.25, 0.3) is 0 Å². The molecule has 0 radical (unpaired) electrons. The summed E-state index contributed by atoms with van der Waals surface area (Å²) in [4.78, 5) is 4.79. The third kappa shape index (κ3) is 5.07. The number of aliphatic imine (C=N–C) groups is 1.